The number of benzene rings is 1. The number of hydrogen-bond acceptors (Lipinski definition) is 6. The van der Waals surface area contributed by atoms with E-state index in [-0.39, 0.29) is 65.7 Å². The van der Waals surface area contributed by atoms with Crippen molar-refractivity contribution in [1.29, 1.82) is 0 Å². The Labute approximate surface area is 160 Å². The zero-order valence-corrected chi connectivity index (χ0v) is 15.5. The van der Waals surface area contributed by atoms with E-state index in [0.29, 0.717) is 10.8 Å². The maximum absolute atomic E-state index is 10.3. The number of aromatic nitrogens is 3. The van der Waals surface area contributed by atoms with Gasteiger partial charge in [0.25, 0.3) is 0 Å². The summed E-state index contributed by atoms with van der Waals surface area (Å²) < 4.78 is 1.65. The van der Waals surface area contributed by atoms with Crippen LogP contribution in [0.4, 0.5) is 5.69 Å². The molecule has 0 spiro atoms. The summed E-state index contributed by atoms with van der Waals surface area (Å²) in [7, 11) is 0. The third-order valence-electron chi connectivity index (χ3n) is 2.10. The molecular weight excluding hydrogens is 286 g/mol. The van der Waals surface area contributed by atoms with Gasteiger partial charge in [0.15, 0.2) is 0 Å². The number of anilines is 1. The molecule has 2 rings (SSSR count). The molecule has 0 saturated heterocycles. The van der Waals surface area contributed by atoms with Crippen LogP contribution in [0.1, 0.15) is 0 Å². The summed E-state index contributed by atoms with van der Waals surface area (Å²) in [4.78, 5) is 10.3. The normalized spacial score (nSPS) is 9.05. The van der Waals surface area contributed by atoms with E-state index in [4.69, 9.17) is 12.6 Å². The van der Waals surface area contributed by atoms with Crippen molar-refractivity contribution in [3.05, 3.63) is 30.6 Å². The van der Waals surface area contributed by atoms with Crippen molar-refractivity contribution >= 4 is 24.3 Å². The van der Waals surface area contributed by atoms with Gasteiger partial charge in [0.05, 0.1) is 12.5 Å². The first-order valence-corrected chi connectivity index (χ1v) is 5.19. The predicted octanol–water partition coefficient (Wildman–Crippen LogP) is -6.66. The average Bonchev–Trinajstić information content (AvgIpc) is 2.73. The fraction of sp³-hybridized carbons (Fsp3) is 0.100. The van der Waals surface area contributed by atoms with Crippen molar-refractivity contribution < 1.29 is 69.0 Å². The van der Waals surface area contributed by atoms with Crippen LogP contribution in [0.15, 0.2) is 35.7 Å². The van der Waals surface area contributed by atoms with Crippen LogP contribution in [0, 0.1) is 0 Å². The third-order valence-corrected chi connectivity index (χ3v) is 2.38. The molecule has 0 aliphatic heterocycles. The van der Waals surface area contributed by atoms with E-state index in [0.717, 1.165) is 5.69 Å². The molecule has 1 N–H and O–H groups in total. The summed E-state index contributed by atoms with van der Waals surface area (Å²) in [5.74, 6) is -1.15. The molecule has 6 nitrogen and oxygen atoms in total. The van der Waals surface area contributed by atoms with Crippen molar-refractivity contribution in [2.75, 3.05) is 11.9 Å². The zero-order chi connectivity index (χ0) is 12.3. The van der Waals surface area contributed by atoms with Gasteiger partial charge in [-0.15, -0.1) is 5.10 Å². The number of nitrogens with zero attached hydrogens (tertiary/aromatic N) is 3. The quantitative estimate of drug-likeness (QED) is 0.446. The molecule has 1 heterocycles. The minimum absolute atomic E-state index is 0. The van der Waals surface area contributed by atoms with Gasteiger partial charge in [0.1, 0.15) is 6.33 Å². The van der Waals surface area contributed by atoms with Crippen LogP contribution in [0.3, 0.4) is 0 Å². The molecule has 1 aromatic heterocycles. The summed E-state index contributed by atoms with van der Waals surface area (Å²) in [5.41, 5.74) is 1.51. The monoisotopic (exact) mass is 294 g/mol. The Bertz CT molecular complexity index is 533. The first-order valence-electron chi connectivity index (χ1n) is 4.78. The summed E-state index contributed by atoms with van der Waals surface area (Å²) in [6, 6.07) is 7.06. The van der Waals surface area contributed by atoms with Gasteiger partial charge < -0.3 is 32.4 Å². The summed E-state index contributed by atoms with van der Waals surface area (Å²) in [5, 5.41) is 20.7. The van der Waals surface area contributed by atoms with E-state index in [2.05, 4.69) is 15.5 Å². The molecule has 88 valence electrons. The van der Waals surface area contributed by atoms with Crippen molar-refractivity contribution in [2.24, 2.45) is 0 Å². The van der Waals surface area contributed by atoms with Crippen LogP contribution < -0.4 is 69.5 Å². The van der Waals surface area contributed by atoms with E-state index in [1.165, 1.54) is 6.33 Å². The van der Waals surface area contributed by atoms with Gasteiger partial charge in [-0.2, -0.15) is 5.10 Å². The molecule has 19 heavy (non-hydrogen) atoms. The number of carboxylic acid groups (broad SMARTS) is 1. The Morgan fingerprint density at radius 1 is 1.32 bits per heavy atom. The van der Waals surface area contributed by atoms with Gasteiger partial charge in [-0.25, -0.2) is 0 Å². The standard InChI is InChI=1S/C10H10N4O2S.2Na/c15-9(16)5-11-7-1-3-8(4-2-7)14-6-12-13-10(14)17;;/h1-4,6,11H,5H2,(H,13,17)(H,15,16);;/q;2*+1/p-2. The summed E-state index contributed by atoms with van der Waals surface area (Å²) in [6.45, 7) is -0.224. The molecule has 0 unspecified atom stereocenters. The summed E-state index contributed by atoms with van der Waals surface area (Å²) in [6.07, 6.45) is 1.52. The molecule has 0 amide bonds. The van der Waals surface area contributed by atoms with Gasteiger partial charge in [-0.05, 0) is 24.3 Å². The first kappa shape index (κ1) is 18.9. The number of carboxylic acids is 1. The molecule has 0 fully saturated rings. The first-order chi connectivity index (χ1) is 8.16. The van der Waals surface area contributed by atoms with Crippen LogP contribution in [0.2, 0.25) is 0 Å². The molecule has 0 aliphatic carbocycles. The Morgan fingerprint density at radius 3 is 2.42 bits per heavy atom. The smallest absolute Gasteiger partial charge is 0.740 e. The topological polar surface area (TPSA) is 82.9 Å². The van der Waals surface area contributed by atoms with E-state index < -0.39 is 5.97 Å². The number of carbonyl (C=O) groups is 1. The fourth-order valence-corrected chi connectivity index (χ4v) is 1.52. The van der Waals surface area contributed by atoms with Crippen LogP contribution in [0.5, 0.6) is 0 Å². The molecular formula is C10H8N4Na2O2S. The second-order valence-corrected chi connectivity index (χ2v) is 3.62. The zero-order valence-electron chi connectivity index (χ0n) is 10.7. The average molecular weight is 294 g/mol. The second kappa shape index (κ2) is 8.91. The van der Waals surface area contributed by atoms with Crippen LogP contribution in [-0.4, -0.2) is 27.3 Å². The van der Waals surface area contributed by atoms with E-state index >= 15 is 0 Å². The van der Waals surface area contributed by atoms with Gasteiger partial charge in [0, 0.05) is 16.5 Å². The molecule has 0 aliphatic rings. The number of nitrogens with one attached hydrogen (secondary N) is 1. The Balaban J connectivity index is 0.00000162. The van der Waals surface area contributed by atoms with Gasteiger partial charge in [-0.1, -0.05) is 0 Å². The molecule has 0 bridgehead atoms. The van der Waals surface area contributed by atoms with E-state index in [9.17, 15) is 9.90 Å². The molecule has 0 radical (unpaired) electrons. The molecule has 0 atom stereocenters. The Morgan fingerprint density at radius 2 is 1.95 bits per heavy atom. The van der Waals surface area contributed by atoms with Crippen molar-refractivity contribution in [3.8, 4) is 5.69 Å². The second-order valence-electron chi connectivity index (χ2n) is 3.26. The molecule has 9 heteroatoms. The van der Waals surface area contributed by atoms with Crippen LogP contribution in [-0.2, 0) is 17.4 Å². The summed E-state index contributed by atoms with van der Waals surface area (Å²) >= 11 is 4.97. The predicted molar refractivity (Wildman–Crippen MR) is 60.5 cm³/mol. The van der Waals surface area contributed by atoms with Crippen LogP contribution >= 0.6 is 0 Å². The van der Waals surface area contributed by atoms with Gasteiger partial charge >= 0.3 is 59.1 Å². The maximum atomic E-state index is 10.3. The van der Waals surface area contributed by atoms with E-state index in [1.54, 1.807) is 28.8 Å². The Hall–Kier alpha value is -0.150. The van der Waals surface area contributed by atoms with Crippen molar-refractivity contribution in [1.82, 2.24) is 14.8 Å². The van der Waals surface area contributed by atoms with Crippen LogP contribution in [0.25, 0.3) is 5.69 Å². The van der Waals surface area contributed by atoms with E-state index in [1.807, 2.05) is 0 Å². The molecule has 1 aromatic carbocycles. The number of carbonyl (C=O) groups excluding carboxylic acids is 1. The minimum Gasteiger partial charge on any atom is -0.740 e. The SMILES string of the molecule is O=C([O-])CNc1ccc(-n2cnnc2[S-])cc1.[Na+].[Na+]. The fourth-order valence-electron chi connectivity index (χ4n) is 1.32. The third kappa shape index (κ3) is 5.39. The Kier molecular flexibility index (Phi) is 8.84. The number of hydrogen-bond donors (Lipinski definition) is 1. The minimum atomic E-state index is -1.15. The number of aliphatic carboxylic acids is 1. The van der Waals surface area contributed by atoms with Crippen molar-refractivity contribution in [3.63, 3.8) is 0 Å². The van der Waals surface area contributed by atoms with Crippen molar-refractivity contribution in [2.45, 2.75) is 5.16 Å². The van der Waals surface area contributed by atoms with Gasteiger partial charge in [0.2, 0.25) is 0 Å². The largest absolute Gasteiger partial charge is 1.00 e. The molecule has 0 saturated carbocycles. The number of rotatable bonds is 4. The molecule has 2 aromatic rings. The van der Waals surface area contributed by atoms with Gasteiger partial charge in [-0.3, -0.25) is 0 Å². The maximum Gasteiger partial charge on any atom is 1.00 e.